The fraction of sp³-hybridized carbons (Fsp3) is 0.423. The molecule has 3 amide bonds. The molecule has 2 aliphatic rings. The molecule has 9 heteroatoms. The largest absolute Gasteiger partial charge is 0.341 e. The number of rotatable bonds is 5. The Bertz CT molecular complexity index is 1080. The average molecular weight is 477 g/mol. The van der Waals surface area contributed by atoms with Crippen molar-refractivity contribution in [2.45, 2.75) is 45.1 Å². The van der Waals surface area contributed by atoms with Crippen LogP contribution in [0.5, 0.6) is 0 Å². The fourth-order valence-corrected chi connectivity index (χ4v) is 4.38. The van der Waals surface area contributed by atoms with Gasteiger partial charge < -0.3 is 15.1 Å². The van der Waals surface area contributed by atoms with Gasteiger partial charge in [-0.25, -0.2) is 4.99 Å². The van der Waals surface area contributed by atoms with E-state index in [-0.39, 0.29) is 30.2 Å². The standard InChI is InChI=1S/C26H32N6O3/c1-19-8-6-10-21(16-19)28-26(30-24(34)20-9-7-12-27-17-20)29-22-11-2-3-15-32(25(22)35)18-23(33)31-13-4-5-14-31/h6-10,12,16-17,22H,2-5,11,13-15,18H2,1H3,(H2,28,29,30,34). The fourth-order valence-electron chi connectivity index (χ4n) is 4.38. The molecule has 0 saturated carbocycles. The molecule has 1 unspecified atom stereocenters. The zero-order chi connectivity index (χ0) is 24.6. The van der Waals surface area contributed by atoms with Crippen LogP contribution < -0.4 is 10.6 Å². The second kappa shape index (κ2) is 11.6. The molecule has 0 bridgehead atoms. The third-order valence-corrected chi connectivity index (χ3v) is 6.26. The Labute approximate surface area is 205 Å². The lowest BCUT2D eigenvalue weighted by atomic mass is 10.1. The summed E-state index contributed by atoms with van der Waals surface area (Å²) in [7, 11) is 0. The second-order valence-corrected chi connectivity index (χ2v) is 9.03. The highest BCUT2D eigenvalue weighted by atomic mass is 16.2. The summed E-state index contributed by atoms with van der Waals surface area (Å²) in [6.45, 7) is 4.10. The van der Waals surface area contributed by atoms with E-state index in [1.54, 1.807) is 23.2 Å². The van der Waals surface area contributed by atoms with Crippen LogP contribution >= 0.6 is 0 Å². The van der Waals surface area contributed by atoms with Crippen LogP contribution in [0.4, 0.5) is 5.69 Å². The summed E-state index contributed by atoms with van der Waals surface area (Å²) in [4.78, 5) is 51.0. The van der Waals surface area contributed by atoms with Crippen LogP contribution in [0.15, 0.2) is 53.8 Å². The number of aryl methyl sites for hydroxylation is 1. The van der Waals surface area contributed by atoms with Gasteiger partial charge in [0.1, 0.15) is 6.04 Å². The number of guanidine groups is 1. The SMILES string of the molecule is Cc1cccc(NC(=NC2CCCCN(CC(=O)N3CCCC3)C2=O)NC(=O)c2cccnc2)c1. The van der Waals surface area contributed by atoms with Crippen LogP contribution in [0.3, 0.4) is 0 Å². The van der Waals surface area contributed by atoms with Gasteiger partial charge in [0.15, 0.2) is 0 Å². The van der Waals surface area contributed by atoms with E-state index in [0.717, 1.165) is 50.0 Å². The molecule has 0 spiro atoms. The number of amides is 3. The first kappa shape index (κ1) is 24.4. The monoisotopic (exact) mass is 476 g/mol. The number of aliphatic imine (C=N–C) groups is 1. The van der Waals surface area contributed by atoms with Gasteiger partial charge in [0.25, 0.3) is 5.91 Å². The zero-order valence-electron chi connectivity index (χ0n) is 20.1. The molecule has 2 aliphatic heterocycles. The van der Waals surface area contributed by atoms with Gasteiger partial charge in [0, 0.05) is 37.7 Å². The highest BCUT2D eigenvalue weighted by Gasteiger charge is 2.30. The van der Waals surface area contributed by atoms with E-state index >= 15 is 0 Å². The molecule has 2 N–H and O–H groups in total. The lowest BCUT2D eigenvalue weighted by Crippen LogP contribution is -2.45. The topological polar surface area (TPSA) is 107 Å². The number of likely N-dealkylation sites (tertiary alicyclic amines) is 2. The van der Waals surface area contributed by atoms with Gasteiger partial charge in [0.05, 0.1) is 12.1 Å². The van der Waals surface area contributed by atoms with Gasteiger partial charge in [-0.2, -0.15) is 0 Å². The first-order valence-corrected chi connectivity index (χ1v) is 12.2. The summed E-state index contributed by atoms with van der Waals surface area (Å²) in [6, 6.07) is 10.3. The van der Waals surface area contributed by atoms with Crippen molar-refractivity contribution in [1.29, 1.82) is 0 Å². The van der Waals surface area contributed by atoms with Crippen molar-refractivity contribution in [2.24, 2.45) is 4.99 Å². The zero-order valence-corrected chi connectivity index (χ0v) is 20.1. The van der Waals surface area contributed by atoms with Crippen molar-refractivity contribution in [2.75, 3.05) is 31.5 Å². The van der Waals surface area contributed by atoms with E-state index < -0.39 is 6.04 Å². The summed E-state index contributed by atoms with van der Waals surface area (Å²) in [5.74, 6) is -0.382. The quantitative estimate of drug-likeness (QED) is 0.510. The number of anilines is 1. The molecule has 2 fully saturated rings. The molecule has 184 valence electrons. The van der Waals surface area contributed by atoms with Crippen LogP contribution in [0.25, 0.3) is 0 Å². The Morgan fingerprint density at radius 1 is 1.09 bits per heavy atom. The van der Waals surface area contributed by atoms with E-state index in [4.69, 9.17) is 0 Å². The van der Waals surface area contributed by atoms with Crippen molar-refractivity contribution in [3.8, 4) is 0 Å². The molecule has 4 rings (SSSR count). The normalized spacial score (nSPS) is 18.8. The molecular weight excluding hydrogens is 444 g/mol. The molecular formula is C26H32N6O3. The molecule has 1 atom stereocenters. The van der Waals surface area contributed by atoms with Crippen molar-refractivity contribution < 1.29 is 14.4 Å². The Hall–Kier alpha value is -3.75. The van der Waals surface area contributed by atoms with Crippen molar-refractivity contribution >= 4 is 29.4 Å². The predicted molar refractivity (Wildman–Crippen MR) is 134 cm³/mol. The van der Waals surface area contributed by atoms with Crippen molar-refractivity contribution in [3.63, 3.8) is 0 Å². The van der Waals surface area contributed by atoms with Crippen LogP contribution in [0.1, 0.15) is 48.0 Å². The minimum absolute atomic E-state index is 0.0107. The van der Waals surface area contributed by atoms with Crippen molar-refractivity contribution in [1.82, 2.24) is 20.1 Å². The van der Waals surface area contributed by atoms with Gasteiger partial charge >= 0.3 is 0 Å². The van der Waals surface area contributed by atoms with Crippen LogP contribution in [-0.4, -0.2) is 70.7 Å². The van der Waals surface area contributed by atoms with Crippen LogP contribution in [0.2, 0.25) is 0 Å². The molecule has 9 nitrogen and oxygen atoms in total. The molecule has 2 aromatic rings. The average Bonchev–Trinajstić information content (AvgIpc) is 3.35. The predicted octanol–water partition coefficient (Wildman–Crippen LogP) is 2.59. The maximum absolute atomic E-state index is 13.4. The number of hydrogen-bond donors (Lipinski definition) is 2. The lowest BCUT2D eigenvalue weighted by Gasteiger charge is -2.25. The molecule has 0 aliphatic carbocycles. The number of hydrogen-bond acceptors (Lipinski definition) is 5. The molecule has 3 heterocycles. The van der Waals surface area contributed by atoms with E-state index in [9.17, 15) is 14.4 Å². The minimum Gasteiger partial charge on any atom is -0.341 e. The molecule has 0 radical (unpaired) electrons. The van der Waals surface area contributed by atoms with Gasteiger partial charge in [-0.15, -0.1) is 0 Å². The Morgan fingerprint density at radius 3 is 2.63 bits per heavy atom. The number of carbonyl (C=O) groups excluding carboxylic acids is 3. The summed E-state index contributed by atoms with van der Waals surface area (Å²) >= 11 is 0. The molecule has 35 heavy (non-hydrogen) atoms. The second-order valence-electron chi connectivity index (χ2n) is 9.03. The Kier molecular flexibility index (Phi) is 8.07. The maximum Gasteiger partial charge on any atom is 0.259 e. The smallest absolute Gasteiger partial charge is 0.259 e. The van der Waals surface area contributed by atoms with Gasteiger partial charge in [-0.3, -0.25) is 24.7 Å². The molecule has 1 aromatic heterocycles. The number of carbonyl (C=O) groups is 3. The van der Waals surface area contributed by atoms with Gasteiger partial charge in [-0.05, 0) is 68.9 Å². The van der Waals surface area contributed by atoms with Crippen molar-refractivity contribution in [3.05, 3.63) is 59.9 Å². The van der Waals surface area contributed by atoms with Crippen LogP contribution in [0, 0.1) is 6.92 Å². The summed E-state index contributed by atoms with van der Waals surface area (Å²) in [5, 5.41) is 5.96. The third kappa shape index (κ3) is 6.65. The summed E-state index contributed by atoms with van der Waals surface area (Å²) < 4.78 is 0. The van der Waals surface area contributed by atoms with Gasteiger partial charge in [-0.1, -0.05) is 12.1 Å². The van der Waals surface area contributed by atoms with E-state index in [2.05, 4.69) is 20.6 Å². The number of aromatic nitrogens is 1. The summed E-state index contributed by atoms with van der Waals surface area (Å²) in [5.41, 5.74) is 2.18. The lowest BCUT2D eigenvalue weighted by molar-refractivity contribution is -0.140. The van der Waals surface area contributed by atoms with E-state index in [0.29, 0.717) is 18.5 Å². The maximum atomic E-state index is 13.4. The first-order valence-electron chi connectivity index (χ1n) is 12.2. The van der Waals surface area contributed by atoms with E-state index in [1.807, 2.05) is 36.1 Å². The van der Waals surface area contributed by atoms with Crippen LogP contribution in [-0.2, 0) is 9.59 Å². The number of nitrogens with zero attached hydrogens (tertiary/aromatic N) is 4. The highest BCUT2D eigenvalue weighted by Crippen LogP contribution is 2.17. The minimum atomic E-state index is -0.689. The first-order chi connectivity index (χ1) is 17.0. The molecule has 1 aromatic carbocycles. The van der Waals surface area contributed by atoms with E-state index in [1.165, 1.54) is 6.20 Å². The highest BCUT2D eigenvalue weighted by molar-refractivity contribution is 6.10. The third-order valence-electron chi connectivity index (χ3n) is 6.26. The summed E-state index contributed by atoms with van der Waals surface area (Å²) in [6.07, 6.45) is 7.26. The van der Waals surface area contributed by atoms with Gasteiger partial charge in [0.2, 0.25) is 17.8 Å². The number of pyridine rings is 1. The Morgan fingerprint density at radius 2 is 1.89 bits per heavy atom. The number of nitrogens with one attached hydrogen (secondary N) is 2. The Balaban J connectivity index is 1.54. The molecule has 2 saturated heterocycles. The number of benzene rings is 1.